The minimum atomic E-state index is 0.265. The van der Waals surface area contributed by atoms with Crippen LogP contribution in [-0.4, -0.2) is 6.04 Å². The van der Waals surface area contributed by atoms with E-state index in [0.717, 1.165) is 5.02 Å². The van der Waals surface area contributed by atoms with E-state index in [0.29, 0.717) is 11.8 Å². The van der Waals surface area contributed by atoms with Gasteiger partial charge < -0.3 is 5.73 Å². The quantitative estimate of drug-likeness (QED) is 0.828. The molecule has 1 aliphatic carbocycles. The van der Waals surface area contributed by atoms with Crippen LogP contribution < -0.4 is 5.73 Å². The zero-order chi connectivity index (χ0) is 11.5. The van der Waals surface area contributed by atoms with Crippen LogP contribution in [0.2, 0.25) is 5.02 Å². The van der Waals surface area contributed by atoms with Crippen LogP contribution >= 0.6 is 11.6 Å². The van der Waals surface area contributed by atoms with E-state index < -0.39 is 0 Å². The summed E-state index contributed by atoms with van der Waals surface area (Å²) in [6, 6.07) is 8.49. The van der Waals surface area contributed by atoms with E-state index in [4.69, 9.17) is 17.3 Å². The van der Waals surface area contributed by atoms with Gasteiger partial charge in [-0.25, -0.2) is 0 Å². The highest BCUT2D eigenvalue weighted by Gasteiger charge is 2.29. The Labute approximate surface area is 103 Å². The van der Waals surface area contributed by atoms with Gasteiger partial charge in [-0.2, -0.15) is 0 Å². The van der Waals surface area contributed by atoms with E-state index in [1.54, 1.807) is 0 Å². The first kappa shape index (κ1) is 11.9. The van der Waals surface area contributed by atoms with Crippen molar-refractivity contribution < 1.29 is 0 Å². The van der Waals surface area contributed by atoms with Crippen molar-refractivity contribution in [2.24, 2.45) is 11.7 Å². The Morgan fingerprint density at radius 1 is 1.25 bits per heavy atom. The van der Waals surface area contributed by atoms with Crippen LogP contribution in [0.25, 0.3) is 0 Å². The fraction of sp³-hybridized carbons (Fsp3) is 0.571. The van der Waals surface area contributed by atoms with E-state index in [1.807, 2.05) is 12.1 Å². The van der Waals surface area contributed by atoms with Crippen molar-refractivity contribution in [2.75, 3.05) is 0 Å². The number of rotatable bonds is 2. The second-order valence-electron chi connectivity index (χ2n) is 4.94. The zero-order valence-corrected chi connectivity index (χ0v) is 10.6. The van der Waals surface area contributed by atoms with Crippen molar-refractivity contribution in [3.05, 3.63) is 34.9 Å². The van der Waals surface area contributed by atoms with E-state index in [-0.39, 0.29) is 6.04 Å². The average molecular weight is 238 g/mol. The van der Waals surface area contributed by atoms with Gasteiger partial charge in [0, 0.05) is 11.1 Å². The Kier molecular flexibility index (Phi) is 3.88. The van der Waals surface area contributed by atoms with E-state index >= 15 is 0 Å². The molecule has 0 aromatic heterocycles. The number of nitrogens with two attached hydrogens (primary N) is 1. The largest absolute Gasteiger partial charge is 0.328 e. The van der Waals surface area contributed by atoms with E-state index in [2.05, 4.69) is 19.1 Å². The lowest BCUT2D eigenvalue weighted by Gasteiger charge is -2.35. The maximum absolute atomic E-state index is 6.29. The Balaban J connectivity index is 2.27. The lowest BCUT2D eigenvalue weighted by Crippen LogP contribution is -2.33. The Morgan fingerprint density at radius 3 is 2.62 bits per heavy atom. The highest BCUT2D eigenvalue weighted by Crippen LogP contribution is 2.41. The lowest BCUT2D eigenvalue weighted by atomic mass is 9.72. The SMILES string of the molecule is CC(N)C1CCCCC1c1ccccc1Cl. The van der Waals surface area contributed by atoms with Crippen molar-refractivity contribution in [1.29, 1.82) is 0 Å². The van der Waals surface area contributed by atoms with Crippen LogP contribution in [0.3, 0.4) is 0 Å². The number of halogens is 1. The van der Waals surface area contributed by atoms with Gasteiger partial charge in [-0.15, -0.1) is 0 Å². The van der Waals surface area contributed by atoms with Crippen LogP contribution in [0, 0.1) is 5.92 Å². The van der Waals surface area contributed by atoms with Crippen LogP contribution in [0.15, 0.2) is 24.3 Å². The number of hydrogen-bond donors (Lipinski definition) is 1. The molecule has 2 heteroatoms. The first-order chi connectivity index (χ1) is 7.70. The van der Waals surface area contributed by atoms with Gasteiger partial charge in [-0.05, 0) is 43.2 Å². The van der Waals surface area contributed by atoms with Crippen LogP contribution in [0.5, 0.6) is 0 Å². The Bertz CT molecular complexity index is 348. The molecule has 0 spiro atoms. The molecule has 1 aromatic carbocycles. The highest BCUT2D eigenvalue weighted by molar-refractivity contribution is 6.31. The summed E-state index contributed by atoms with van der Waals surface area (Å²) in [7, 11) is 0. The summed E-state index contributed by atoms with van der Waals surface area (Å²) < 4.78 is 0. The number of benzene rings is 1. The molecule has 3 atom stereocenters. The summed E-state index contributed by atoms with van der Waals surface area (Å²) >= 11 is 6.29. The second kappa shape index (κ2) is 5.20. The topological polar surface area (TPSA) is 26.0 Å². The van der Waals surface area contributed by atoms with Gasteiger partial charge in [0.1, 0.15) is 0 Å². The average Bonchev–Trinajstić information content (AvgIpc) is 2.29. The molecule has 1 fully saturated rings. The van der Waals surface area contributed by atoms with Gasteiger partial charge in [-0.1, -0.05) is 42.6 Å². The van der Waals surface area contributed by atoms with Crippen molar-refractivity contribution in [3.63, 3.8) is 0 Å². The van der Waals surface area contributed by atoms with Gasteiger partial charge >= 0.3 is 0 Å². The zero-order valence-electron chi connectivity index (χ0n) is 9.83. The molecule has 3 unspecified atom stereocenters. The fourth-order valence-corrected chi connectivity index (χ4v) is 3.23. The van der Waals surface area contributed by atoms with Crippen molar-refractivity contribution in [3.8, 4) is 0 Å². The minimum absolute atomic E-state index is 0.265. The monoisotopic (exact) mass is 237 g/mol. The van der Waals surface area contributed by atoms with Gasteiger partial charge in [0.2, 0.25) is 0 Å². The summed E-state index contributed by atoms with van der Waals surface area (Å²) in [5.74, 6) is 1.15. The molecule has 1 aliphatic rings. The molecule has 88 valence electrons. The molecular weight excluding hydrogens is 218 g/mol. The first-order valence-corrected chi connectivity index (χ1v) is 6.58. The van der Waals surface area contributed by atoms with Gasteiger partial charge in [0.15, 0.2) is 0 Å². The minimum Gasteiger partial charge on any atom is -0.328 e. The molecule has 0 heterocycles. The third kappa shape index (κ3) is 2.41. The summed E-state index contributed by atoms with van der Waals surface area (Å²) in [5.41, 5.74) is 7.40. The summed E-state index contributed by atoms with van der Waals surface area (Å²) in [6.07, 6.45) is 5.09. The molecule has 1 saturated carbocycles. The predicted octanol–water partition coefficient (Wildman–Crippen LogP) is 3.96. The van der Waals surface area contributed by atoms with E-state index in [1.165, 1.54) is 31.2 Å². The first-order valence-electron chi connectivity index (χ1n) is 6.20. The van der Waals surface area contributed by atoms with Crippen molar-refractivity contribution in [2.45, 2.75) is 44.6 Å². The smallest absolute Gasteiger partial charge is 0.0440 e. The molecule has 2 N–H and O–H groups in total. The van der Waals surface area contributed by atoms with Gasteiger partial charge in [0.25, 0.3) is 0 Å². The molecule has 16 heavy (non-hydrogen) atoms. The maximum atomic E-state index is 6.29. The maximum Gasteiger partial charge on any atom is 0.0440 e. The molecule has 0 radical (unpaired) electrons. The third-order valence-corrected chi connectivity index (χ3v) is 4.14. The Morgan fingerprint density at radius 2 is 1.94 bits per heavy atom. The molecule has 0 aliphatic heterocycles. The second-order valence-corrected chi connectivity index (χ2v) is 5.34. The molecule has 0 saturated heterocycles. The fourth-order valence-electron chi connectivity index (χ4n) is 2.95. The summed E-state index contributed by atoms with van der Waals surface area (Å²) in [6.45, 7) is 2.12. The van der Waals surface area contributed by atoms with Crippen LogP contribution in [0.1, 0.15) is 44.1 Å². The molecular formula is C14H20ClN. The van der Waals surface area contributed by atoms with Crippen molar-refractivity contribution >= 4 is 11.6 Å². The molecule has 1 nitrogen and oxygen atoms in total. The normalized spacial score (nSPS) is 27.7. The molecule has 0 bridgehead atoms. The molecule has 1 aromatic rings. The van der Waals surface area contributed by atoms with Crippen molar-refractivity contribution in [1.82, 2.24) is 0 Å². The van der Waals surface area contributed by atoms with Crippen LogP contribution in [-0.2, 0) is 0 Å². The van der Waals surface area contributed by atoms with E-state index in [9.17, 15) is 0 Å². The number of hydrogen-bond acceptors (Lipinski definition) is 1. The van der Waals surface area contributed by atoms with Gasteiger partial charge in [-0.3, -0.25) is 0 Å². The van der Waals surface area contributed by atoms with Gasteiger partial charge in [0.05, 0.1) is 0 Å². The lowest BCUT2D eigenvalue weighted by molar-refractivity contribution is 0.271. The Hall–Kier alpha value is -0.530. The summed E-state index contributed by atoms with van der Waals surface area (Å²) in [4.78, 5) is 0. The standard InChI is InChI=1S/C14H20ClN/c1-10(16)11-6-2-3-7-12(11)13-8-4-5-9-14(13)15/h4-5,8-12H,2-3,6-7,16H2,1H3. The molecule has 2 rings (SSSR count). The highest BCUT2D eigenvalue weighted by atomic mass is 35.5. The molecule has 0 amide bonds. The van der Waals surface area contributed by atoms with Crippen LogP contribution in [0.4, 0.5) is 0 Å². The third-order valence-electron chi connectivity index (χ3n) is 3.80. The summed E-state index contributed by atoms with van der Waals surface area (Å²) in [5, 5.41) is 0.903. The predicted molar refractivity (Wildman–Crippen MR) is 69.8 cm³/mol.